The van der Waals surface area contributed by atoms with E-state index >= 15 is 0 Å². The molecule has 0 nitrogen and oxygen atoms in total. The Morgan fingerprint density at radius 2 is 1.91 bits per heavy atom. The number of alkyl halides is 1. The molecule has 0 heterocycles. The first-order valence-electron chi connectivity index (χ1n) is 3.47. The van der Waals surface area contributed by atoms with Crippen molar-refractivity contribution in [1.29, 1.82) is 0 Å². The van der Waals surface area contributed by atoms with Crippen LogP contribution in [0.15, 0.2) is 12.1 Å². The monoisotopic (exact) mass is 172 g/mol. The largest absolute Gasteiger partial charge is 0.207 e. The summed E-state index contributed by atoms with van der Waals surface area (Å²) in [6.45, 7) is 3.65. The van der Waals surface area contributed by atoms with Gasteiger partial charge in [0.15, 0.2) is 0 Å². The van der Waals surface area contributed by atoms with Crippen LogP contribution in [0.25, 0.3) is 0 Å². The van der Waals surface area contributed by atoms with E-state index in [4.69, 9.17) is 11.6 Å². The van der Waals surface area contributed by atoms with Crippen molar-refractivity contribution in [2.75, 3.05) is 0 Å². The van der Waals surface area contributed by atoms with Crippen molar-refractivity contribution in [1.82, 2.24) is 0 Å². The van der Waals surface area contributed by atoms with Gasteiger partial charge in [0.05, 0.1) is 0 Å². The van der Waals surface area contributed by atoms with Crippen LogP contribution in [0.5, 0.6) is 0 Å². The van der Waals surface area contributed by atoms with Gasteiger partial charge in [-0.25, -0.2) is 4.39 Å². The Morgan fingerprint density at radius 1 is 1.27 bits per heavy atom. The first-order valence-corrected chi connectivity index (χ1v) is 4.01. The summed E-state index contributed by atoms with van der Waals surface area (Å²) >= 11 is 5.63. The zero-order valence-electron chi connectivity index (χ0n) is 6.62. The molecule has 0 aliphatic heterocycles. The lowest BCUT2D eigenvalue weighted by molar-refractivity contribution is 0.616. The van der Waals surface area contributed by atoms with Crippen molar-refractivity contribution in [3.8, 4) is 0 Å². The summed E-state index contributed by atoms with van der Waals surface area (Å²) in [5.74, 6) is 0.295. The Hall–Kier alpha value is -0.560. The lowest BCUT2D eigenvalue weighted by Gasteiger charge is -2.05. The van der Waals surface area contributed by atoms with Crippen LogP contribution in [0.2, 0.25) is 0 Å². The van der Waals surface area contributed by atoms with Crippen LogP contribution >= 0.6 is 11.6 Å². The molecule has 0 N–H and O–H groups in total. The molecule has 1 aromatic rings. The molecule has 11 heavy (non-hydrogen) atoms. The third-order valence-electron chi connectivity index (χ3n) is 1.98. The normalized spacial score (nSPS) is 10.2. The third-order valence-corrected chi connectivity index (χ3v) is 2.27. The molecule has 0 spiro atoms. The highest BCUT2D eigenvalue weighted by Crippen LogP contribution is 2.17. The zero-order chi connectivity index (χ0) is 8.43. The van der Waals surface area contributed by atoms with Crippen molar-refractivity contribution >= 4 is 11.6 Å². The first kappa shape index (κ1) is 8.54. The van der Waals surface area contributed by atoms with Gasteiger partial charge in [0, 0.05) is 5.88 Å². The fourth-order valence-corrected chi connectivity index (χ4v) is 1.28. The number of rotatable bonds is 1. The maximum atomic E-state index is 12.9. The van der Waals surface area contributed by atoms with Crippen LogP contribution in [0.1, 0.15) is 16.7 Å². The molecule has 0 saturated carbocycles. The molecular formula is C9H10ClF. The van der Waals surface area contributed by atoms with E-state index in [0.717, 1.165) is 11.1 Å². The fourth-order valence-electron chi connectivity index (χ4n) is 0.988. The molecule has 0 amide bonds. The molecule has 0 fully saturated rings. The molecule has 0 radical (unpaired) electrons. The van der Waals surface area contributed by atoms with Crippen LogP contribution in [-0.4, -0.2) is 0 Å². The topological polar surface area (TPSA) is 0 Å². The average molecular weight is 173 g/mol. The van der Waals surface area contributed by atoms with E-state index in [1.807, 2.05) is 6.92 Å². The first-order chi connectivity index (χ1) is 5.16. The quantitative estimate of drug-likeness (QED) is 0.571. The van der Waals surface area contributed by atoms with E-state index < -0.39 is 0 Å². The number of hydrogen-bond acceptors (Lipinski definition) is 0. The van der Waals surface area contributed by atoms with Gasteiger partial charge in [-0.1, -0.05) is 6.07 Å². The zero-order valence-corrected chi connectivity index (χ0v) is 7.37. The van der Waals surface area contributed by atoms with E-state index in [1.54, 1.807) is 13.0 Å². The second kappa shape index (κ2) is 3.22. The smallest absolute Gasteiger partial charge is 0.126 e. The Labute approximate surface area is 71.0 Å². The van der Waals surface area contributed by atoms with E-state index in [-0.39, 0.29) is 5.82 Å². The number of benzene rings is 1. The van der Waals surface area contributed by atoms with E-state index in [0.29, 0.717) is 11.4 Å². The van der Waals surface area contributed by atoms with Crippen molar-refractivity contribution in [3.63, 3.8) is 0 Å². The van der Waals surface area contributed by atoms with Crippen LogP contribution in [-0.2, 0) is 5.88 Å². The summed E-state index contributed by atoms with van der Waals surface area (Å²) in [5, 5.41) is 0. The minimum atomic E-state index is -0.156. The van der Waals surface area contributed by atoms with Gasteiger partial charge in [-0.15, -0.1) is 11.6 Å². The summed E-state index contributed by atoms with van der Waals surface area (Å²) < 4.78 is 12.9. The summed E-state index contributed by atoms with van der Waals surface area (Å²) in [6.07, 6.45) is 0. The van der Waals surface area contributed by atoms with Gasteiger partial charge >= 0.3 is 0 Å². The maximum absolute atomic E-state index is 12.9. The van der Waals surface area contributed by atoms with Gasteiger partial charge in [0.25, 0.3) is 0 Å². The Balaban J connectivity index is 3.25. The summed E-state index contributed by atoms with van der Waals surface area (Å²) in [4.78, 5) is 0. The minimum Gasteiger partial charge on any atom is -0.207 e. The highest BCUT2D eigenvalue weighted by atomic mass is 35.5. The molecule has 2 heteroatoms. The summed E-state index contributed by atoms with van der Waals surface area (Å²) in [7, 11) is 0. The Bertz CT molecular complexity index is 269. The number of hydrogen-bond donors (Lipinski definition) is 0. The second-order valence-corrected chi connectivity index (χ2v) is 2.86. The van der Waals surface area contributed by atoms with E-state index in [1.165, 1.54) is 6.07 Å². The summed E-state index contributed by atoms with van der Waals surface area (Å²) in [5.41, 5.74) is 2.66. The molecule has 0 atom stereocenters. The van der Waals surface area contributed by atoms with Gasteiger partial charge in [-0.3, -0.25) is 0 Å². The highest BCUT2D eigenvalue weighted by molar-refractivity contribution is 6.17. The van der Waals surface area contributed by atoms with Gasteiger partial charge in [-0.2, -0.15) is 0 Å². The predicted octanol–water partition coefficient (Wildman–Crippen LogP) is 3.18. The maximum Gasteiger partial charge on any atom is 0.126 e. The molecule has 0 saturated heterocycles. The highest BCUT2D eigenvalue weighted by Gasteiger charge is 2.03. The lowest BCUT2D eigenvalue weighted by atomic mass is 10.0. The lowest BCUT2D eigenvalue weighted by Crippen LogP contribution is -1.92. The molecular weight excluding hydrogens is 163 g/mol. The molecule has 0 unspecified atom stereocenters. The van der Waals surface area contributed by atoms with Crippen molar-refractivity contribution < 1.29 is 4.39 Å². The molecule has 0 aliphatic carbocycles. The molecule has 60 valence electrons. The fraction of sp³-hybridized carbons (Fsp3) is 0.333. The van der Waals surface area contributed by atoms with E-state index in [9.17, 15) is 4.39 Å². The van der Waals surface area contributed by atoms with Crippen molar-refractivity contribution in [2.24, 2.45) is 0 Å². The Kier molecular flexibility index (Phi) is 2.50. The van der Waals surface area contributed by atoms with Crippen molar-refractivity contribution in [2.45, 2.75) is 19.7 Å². The van der Waals surface area contributed by atoms with Crippen LogP contribution < -0.4 is 0 Å². The van der Waals surface area contributed by atoms with Gasteiger partial charge in [-0.05, 0) is 36.6 Å². The molecule has 1 aromatic carbocycles. The average Bonchev–Trinajstić information content (AvgIpc) is 2.01. The van der Waals surface area contributed by atoms with Gasteiger partial charge in [0.2, 0.25) is 0 Å². The minimum absolute atomic E-state index is 0.156. The SMILES string of the molecule is Cc1c(F)ccc(CCl)c1C. The second-order valence-electron chi connectivity index (χ2n) is 2.59. The number of halogens is 2. The third kappa shape index (κ3) is 1.54. The van der Waals surface area contributed by atoms with E-state index in [2.05, 4.69) is 0 Å². The molecule has 1 rings (SSSR count). The Morgan fingerprint density at radius 3 is 2.45 bits per heavy atom. The van der Waals surface area contributed by atoms with Crippen LogP contribution in [0.4, 0.5) is 4.39 Å². The molecule has 0 aromatic heterocycles. The predicted molar refractivity (Wildman–Crippen MR) is 45.4 cm³/mol. The van der Waals surface area contributed by atoms with Gasteiger partial charge < -0.3 is 0 Å². The summed E-state index contributed by atoms with van der Waals surface area (Å²) in [6, 6.07) is 3.19. The van der Waals surface area contributed by atoms with Gasteiger partial charge in [0.1, 0.15) is 5.82 Å². The van der Waals surface area contributed by atoms with Crippen LogP contribution in [0.3, 0.4) is 0 Å². The standard InChI is InChI=1S/C9H10ClF/c1-6-7(2)9(11)4-3-8(6)5-10/h3-4H,5H2,1-2H3. The molecule has 0 aliphatic rings. The van der Waals surface area contributed by atoms with Crippen LogP contribution in [0, 0.1) is 19.7 Å². The molecule has 0 bridgehead atoms. The van der Waals surface area contributed by atoms with Crippen molar-refractivity contribution in [3.05, 3.63) is 34.6 Å².